The van der Waals surface area contributed by atoms with Gasteiger partial charge in [0, 0.05) is 6.07 Å². The van der Waals surface area contributed by atoms with Gasteiger partial charge in [-0.25, -0.2) is 4.39 Å². The van der Waals surface area contributed by atoms with Gasteiger partial charge < -0.3 is 9.84 Å². The quantitative estimate of drug-likeness (QED) is 0.512. The summed E-state index contributed by atoms with van der Waals surface area (Å²) in [6.45, 7) is 0. The zero-order chi connectivity index (χ0) is 16.4. The number of rotatable bonds is 5. The Morgan fingerprint density at radius 2 is 1.90 bits per heavy atom. The van der Waals surface area contributed by atoms with Crippen LogP contribution in [0, 0.1) is 21.7 Å². The number of nitrogens with zero attached hydrogens (tertiary/aromatic N) is 1. The molecule has 11 heteroatoms. The fourth-order valence-corrected chi connectivity index (χ4v) is 1.28. The molecule has 0 bridgehead atoms. The lowest BCUT2D eigenvalue weighted by atomic mass is 10.2. The lowest BCUT2D eigenvalue weighted by Crippen LogP contribution is -2.36. The Bertz CT molecular complexity index is 574. The fraction of sp³-hybridized carbons (Fsp3) is 0.300. The molecule has 6 nitrogen and oxygen atoms in total. The average molecular weight is 315 g/mol. The van der Waals surface area contributed by atoms with Gasteiger partial charge >= 0.3 is 17.8 Å². The summed E-state index contributed by atoms with van der Waals surface area (Å²) in [4.78, 5) is 19.3. The maximum Gasteiger partial charge on any atom is 0.426 e. The van der Waals surface area contributed by atoms with Crippen LogP contribution in [0.25, 0.3) is 0 Å². The Kier molecular flexibility index (Phi) is 4.66. The number of carboxylic acid groups (broad SMARTS) is 1. The molecule has 1 aromatic carbocycles. The van der Waals surface area contributed by atoms with Crippen LogP contribution in [0.2, 0.25) is 0 Å². The standard InChI is InChI=1S/C10H6F5NO5/c11-4-2-7(5(12)1-6(4)16(19)20)21-8(3-9(17)18)10(13,14)15/h1-2,8H,3H2,(H,17,18). The van der Waals surface area contributed by atoms with Crippen molar-refractivity contribution >= 4 is 11.7 Å². The number of alkyl halides is 3. The largest absolute Gasteiger partial charge is 0.481 e. The van der Waals surface area contributed by atoms with Crippen molar-refractivity contribution in [3.8, 4) is 5.75 Å². The highest BCUT2D eigenvalue weighted by Gasteiger charge is 2.43. The first kappa shape index (κ1) is 16.6. The third-order valence-corrected chi connectivity index (χ3v) is 2.19. The summed E-state index contributed by atoms with van der Waals surface area (Å²) in [6.07, 6.45) is -9.62. The predicted octanol–water partition coefficient (Wildman–Crippen LogP) is 2.66. The molecule has 0 heterocycles. The molecule has 0 aliphatic heterocycles. The number of carboxylic acids is 1. The first-order valence-electron chi connectivity index (χ1n) is 5.11. The Hall–Kier alpha value is -2.46. The third kappa shape index (κ3) is 4.26. The van der Waals surface area contributed by atoms with E-state index in [4.69, 9.17) is 5.11 Å². The van der Waals surface area contributed by atoms with Crippen LogP contribution in [0.3, 0.4) is 0 Å². The average Bonchev–Trinajstić information content (AvgIpc) is 2.30. The second-order valence-electron chi connectivity index (χ2n) is 3.74. The molecule has 0 aromatic heterocycles. The number of ether oxygens (including phenoxy) is 1. The highest BCUT2D eigenvalue weighted by atomic mass is 19.4. The van der Waals surface area contributed by atoms with Crippen molar-refractivity contribution in [1.82, 2.24) is 0 Å². The van der Waals surface area contributed by atoms with Crippen molar-refractivity contribution in [2.24, 2.45) is 0 Å². The lowest BCUT2D eigenvalue weighted by molar-refractivity contribution is -0.387. The van der Waals surface area contributed by atoms with Crippen LogP contribution < -0.4 is 4.74 Å². The van der Waals surface area contributed by atoms with Crippen LogP contribution in [0.1, 0.15) is 6.42 Å². The summed E-state index contributed by atoms with van der Waals surface area (Å²) >= 11 is 0. The number of aliphatic carboxylic acids is 1. The van der Waals surface area contributed by atoms with Gasteiger partial charge in [-0.15, -0.1) is 0 Å². The van der Waals surface area contributed by atoms with Gasteiger partial charge in [-0.05, 0) is 0 Å². The van der Waals surface area contributed by atoms with Crippen LogP contribution in [-0.2, 0) is 4.79 Å². The highest BCUT2D eigenvalue weighted by Crippen LogP contribution is 2.31. The number of hydrogen-bond donors (Lipinski definition) is 1. The minimum absolute atomic E-state index is 0.0405. The van der Waals surface area contributed by atoms with Crippen LogP contribution in [0.4, 0.5) is 27.6 Å². The second-order valence-corrected chi connectivity index (χ2v) is 3.74. The number of nitro benzene ring substituents is 1. The third-order valence-electron chi connectivity index (χ3n) is 2.19. The van der Waals surface area contributed by atoms with E-state index in [0.717, 1.165) is 0 Å². The molecule has 0 radical (unpaired) electrons. The van der Waals surface area contributed by atoms with Gasteiger partial charge in [-0.1, -0.05) is 0 Å². The molecule has 0 amide bonds. The topological polar surface area (TPSA) is 89.7 Å². The molecule has 0 saturated carbocycles. The van der Waals surface area contributed by atoms with Crippen molar-refractivity contribution in [3.63, 3.8) is 0 Å². The van der Waals surface area contributed by atoms with Gasteiger partial charge in [-0.3, -0.25) is 14.9 Å². The molecule has 1 aromatic rings. The minimum Gasteiger partial charge on any atom is -0.481 e. The van der Waals surface area contributed by atoms with E-state index in [1.54, 1.807) is 0 Å². The molecule has 0 aliphatic rings. The van der Waals surface area contributed by atoms with Gasteiger partial charge in [0.15, 0.2) is 11.6 Å². The maximum atomic E-state index is 13.4. The maximum absolute atomic E-state index is 13.4. The fourth-order valence-electron chi connectivity index (χ4n) is 1.28. The van der Waals surface area contributed by atoms with E-state index in [2.05, 4.69) is 4.74 Å². The first-order chi connectivity index (χ1) is 9.52. The van der Waals surface area contributed by atoms with E-state index < -0.39 is 52.7 Å². The number of benzene rings is 1. The Balaban J connectivity index is 3.13. The smallest absolute Gasteiger partial charge is 0.426 e. The Morgan fingerprint density at radius 3 is 2.33 bits per heavy atom. The summed E-state index contributed by atoms with van der Waals surface area (Å²) in [5.41, 5.74) is -1.29. The van der Waals surface area contributed by atoms with Crippen molar-refractivity contribution < 1.29 is 41.5 Å². The minimum atomic E-state index is -5.15. The van der Waals surface area contributed by atoms with Gasteiger partial charge in [0.1, 0.15) is 0 Å². The van der Waals surface area contributed by atoms with E-state index in [-0.39, 0.29) is 12.1 Å². The van der Waals surface area contributed by atoms with E-state index in [9.17, 15) is 36.9 Å². The van der Waals surface area contributed by atoms with Crippen LogP contribution in [0.15, 0.2) is 12.1 Å². The molecule has 116 valence electrons. The van der Waals surface area contributed by atoms with E-state index in [0.29, 0.717) is 0 Å². The van der Waals surface area contributed by atoms with Crippen LogP contribution >= 0.6 is 0 Å². The number of halogens is 5. The number of hydrogen-bond acceptors (Lipinski definition) is 4. The summed E-state index contributed by atoms with van der Waals surface area (Å²) in [6, 6.07) is 0.0902. The molecular formula is C10H6F5NO5. The second kappa shape index (κ2) is 5.89. The molecule has 0 aliphatic carbocycles. The van der Waals surface area contributed by atoms with E-state index >= 15 is 0 Å². The molecule has 0 saturated heterocycles. The molecule has 1 atom stereocenters. The normalized spacial score (nSPS) is 12.8. The van der Waals surface area contributed by atoms with Crippen molar-refractivity contribution in [2.75, 3.05) is 0 Å². The molecule has 1 rings (SSSR count). The van der Waals surface area contributed by atoms with Gasteiger partial charge in [0.25, 0.3) is 0 Å². The summed E-state index contributed by atoms with van der Waals surface area (Å²) in [5.74, 6) is -6.39. The number of nitro groups is 1. The van der Waals surface area contributed by atoms with E-state index in [1.807, 2.05) is 0 Å². The predicted molar refractivity (Wildman–Crippen MR) is 55.7 cm³/mol. The highest BCUT2D eigenvalue weighted by molar-refractivity contribution is 5.67. The zero-order valence-corrected chi connectivity index (χ0v) is 9.86. The molecule has 0 spiro atoms. The molecule has 21 heavy (non-hydrogen) atoms. The van der Waals surface area contributed by atoms with Crippen LogP contribution in [-0.4, -0.2) is 28.3 Å². The van der Waals surface area contributed by atoms with Crippen LogP contribution in [0.5, 0.6) is 5.75 Å². The SMILES string of the molecule is O=C(O)CC(Oc1cc(F)c([N+](=O)[O-])cc1F)C(F)(F)F. The van der Waals surface area contributed by atoms with Gasteiger partial charge in [0.2, 0.25) is 11.9 Å². The van der Waals surface area contributed by atoms with E-state index in [1.165, 1.54) is 0 Å². The summed E-state index contributed by atoms with van der Waals surface area (Å²) in [7, 11) is 0. The monoisotopic (exact) mass is 315 g/mol. The van der Waals surface area contributed by atoms with Crippen molar-refractivity contribution in [1.29, 1.82) is 0 Å². The first-order valence-corrected chi connectivity index (χ1v) is 5.11. The molecule has 0 fully saturated rings. The van der Waals surface area contributed by atoms with Crippen molar-refractivity contribution in [2.45, 2.75) is 18.7 Å². The lowest BCUT2D eigenvalue weighted by Gasteiger charge is -2.20. The summed E-state index contributed by atoms with van der Waals surface area (Å²) in [5, 5.41) is 18.6. The number of carbonyl (C=O) groups is 1. The Labute approximate surface area is 112 Å². The molecular weight excluding hydrogens is 309 g/mol. The van der Waals surface area contributed by atoms with Crippen molar-refractivity contribution in [3.05, 3.63) is 33.9 Å². The Morgan fingerprint density at radius 1 is 1.33 bits per heavy atom. The molecule has 1 N–H and O–H groups in total. The summed E-state index contributed by atoms with van der Waals surface area (Å²) < 4.78 is 68.1. The van der Waals surface area contributed by atoms with Gasteiger partial charge in [0.05, 0.1) is 17.4 Å². The van der Waals surface area contributed by atoms with Gasteiger partial charge in [-0.2, -0.15) is 17.6 Å². The zero-order valence-electron chi connectivity index (χ0n) is 9.86. The molecule has 1 unspecified atom stereocenters.